The maximum Gasteiger partial charge on any atom is 0.289 e. The molecule has 1 aromatic carbocycles. The summed E-state index contributed by atoms with van der Waals surface area (Å²) in [5, 5.41) is 11.3. The molecule has 0 N–H and O–H groups in total. The van der Waals surface area contributed by atoms with Crippen LogP contribution in [-0.2, 0) is 10.0 Å². The minimum Gasteiger partial charge on any atom is -0.470 e. The van der Waals surface area contributed by atoms with Crippen molar-refractivity contribution in [1.82, 2.24) is 9.29 Å². The van der Waals surface area contributed by atoms with E-state index in [9.17, 15) is 18.5 Å². The lowest BCUT2D eigenvalue weighted by atomic mass is 10.2. The summed E-state index contributed by atoms with van der Waals surface area (Å²) in [5.41, 5.74) is -0.449. The molecule has 0 saturated carbocycles. The van der Waals surface area contributed by atoms with Crippen molar-refractivity contribution in [3.05, 3.63) is 57.7 Å². The first-order valence-corrected chi connectivity index (χ1v) is 8.72. The maximum atomic E-state index is 12.5. The molecule has 0 amide bonds. The van der Waals surface area contributed by atoms with Gasteiger partial charge in [0.2, 0.25) is 15.9 Å². The minimum absolute atomic E-state index is 0.0707. The molecule has 8 nitrogen and oxygen atoms in total. The number of halogens is 1. The fourth-order valence-corrected chi connectivity index (χ4v) is 4.08. The van der Waals surface area contributed by atoms with Crippen molar-refractivity contribution in [2.45, 2.75) is 11.0 Å². The fraction of sp³-hybridized carbons (Fsp3) is 0.214. The van der Waals surface area contributed by atoms with Gasteiger partial charge in [0.15, 0.2) is 4.90 Å². The van der Waals surface area contributed by atoms with E-state index in [1.165, 1.54) is 24.4 Å². The van der Waals surface area contributed by atoms with Gasteiger partial charge < -0.3 is 4.74 Å². The van der Waals surface area contributed by atoms with Crippen LogP contribution >= 0.6 is 11.6 Å². The average molecular weight is 370 g/mol. The molecule has 0 aliphatic carbocycles. The first-order valence-electron chi connectivity index (χ1n) is 6.90. The van der Waals surface area contributed by atoms with E-state index in [0.717, 1.165) is 10.4 Å². The molecular weight excluding hydrogens is 358 g/mol. The summed E-state index contributed by atoms with van der Waals surface area (Å²) in [6.45, 7) is 0.141. The summed E-state index contributed by atoms with van der Waals surface area (Å²) < 4.78 is 31.7. The van der Waals surface area contributed by atoms with E-state index in [0.29, 0.717) is 5.02 Å². The summed E-state index contributed by atoms with van der Waals surface area (Å²) in [6, 6.07) is 8.51. The highest BCUT2D eigenvalue weighted by molar-refractivity contribution is 7.89. The predicted octanol–water partition coefficient (Wildman–Crippen LogP) is 2.10. The Morgan fingerprint density at radius 3 is 2.62 bits per heavy atom. The maximum absolute atomic E-state index is 12.5. The Morgan fingerprint density at radius 1 is 1.25 bits per heavy atom. The van der Waals surface area contributed by atoms with Crippen molar-refractivity contribution in [2.24, 2.45) is 0 Å². The number of nitro benzene ring substituents is 1. The molecule has 1 fully saturated rings. The number of hydrogen-bond donors (Lipinski definition) is 0. The van der Waals surface area contributed by atoms with E-state index in [1.54, 1.807) is 12.1 Å². The van der Waals surface area contributed by atoms with Gasteiger partial charge >= 0.3 is 0 Å². The van der Waals surface area contributed by atoms with Gasteiger partial charge in [-0.25, -0.2) is 13.4 Å². The Morgan fingerprint density at radius 2 is 1.96 bits per heavy atom. The van der Waals surface area contributed by atoms with Crippen LogP contribution in [0.4, 0.5) is 5.69 Å². The second-order valence-corrected chi connectivity index (χ2v) is 7.39. The van der Waals surface area contributed by atoms with Gasteiger partial charge in [-0.2, -0.15) is 4.31 Å². The monoisotopic (exact) mass is 369 g/mol. The van der Waals surface area contributed by atoms with Gasteiger partial charge in [0, 0.05) is 12.3 Å². The topological polar surface area (TPSA) is 103 Å². The molecule has 1 aromatic heterocycles. The smallest absolute Gasteiger partial charge is 0.289 e. The number of rotatable bonds is 5. The van der Waals surface area contributed by atoms with Crippen LogP contribution in [0.2, 0.25) is 5.02 Å². The number of sulfonamides is 1. The highest BCUT2D eigenvalue weighted by Gasteiger charge is 2.41. The van der Waals surface area contributed by atoms with Crippen molar-refractivity contribution in [2.75, 3.05) is 13.1 Å². The van der Waals surface area contributed by atoms with E-state index < -0.39 is 26.7 Å². The summed E-state index contributed by atoms with van der Waals surface area (Å²) in [7, 11) is -3.95. The molecule has 3 rings (SSSR count). The molecule has 0 unspecified atom stereocenters. The fourth-order valence-electron chi connectivity index (χ4n) is 2.25. The zero-order chi connectivity index (χ0) is 17.3. The lowest BCUT2D eigenvalue weighted by molar-refractivity contribution is -0.387. The quantitative estimate of drug-likeness (QED) is 0.590. The number of hydrogen-bond acceptors (Lipinski definition) is 6. The van der Waals surface area contributed by atoms with Crippen molar-refractivity contribution in [3.63, 3.8) is 0 Å². The van der Waals surface area contributed by atoms with Crippen LogP contribution in [0.25, 0.3) is 0 Å². The Labute approximate surface area is 142 Å². The van der Waals surface area contributed by atoms with Crippen molar-refractivity contribution < 1.29 is 18.1 Å². The van der Waals surface area contributed by atoms with Gasteiger partial charge in [0.05, 0.1) is 18.0 Å². The summed E-state index contributed by atoms with van der Waals surface area (Å²) >= 11 is 5.93. The lowest BCUT2D eigenvalue weighted by Gasteiger charge is -2.37. The highest BCUT2D eigenvalue weighted by Crippen LogP contribution is 2.31. The second-order valence-electron chi connectivity index (χ2n) is 5.08. The zero-order valence-electron chi connectivity index (χ0n) is 12.2. The largest absolute Gasteiger partial charge is 0.470 e. The average Bonchev–Trinajstić information content (AvgIpc) is 2.51. The number of nitrogens with zero attached hydrogens (tertiary/aromatic N) is 3. The van der Waals surface area contributed by atoms with Gasteiger partial charge in [-0.3, -0.25) is 10.1 Å². The molecule has 1 aliphatic rings. The molecule has 10 heteroatoms. The molecule has 0 spiro atoms. The normalized spacial score (nSPS) is 15.7. The number of nitro groups is 1. The summed E-state index contributed by atoms with van der Waals surface area (Å²) in [5.74, 6) is 0.229. The van der Waals surface area contributed by atoms with Crippen molar-refractivity contribution in [3.8, 4) is 5.88 Å². The Kier molecular flexibility index (Phi) is 4.39. The number of aromatic nitrogens is 1. The minimum atomic E-state index is -3.95. The number of benzene rings is 1. The second kappa shape index (κ2) is 6.34. The molecule has 0 bridgehead atoms. The lowest BCUT2D eigenvalue weighted by Crippen LogP contribution is -2.56. The Bertz CT molecular complexity index is 883. The van der Waals surface area contributed by atoms with Crippen LogP contribution in [-0.4, -0.2) is 41.8 Å². The number of pyridine rings is 1. The molecule has 0 atom stereocenters. The molecule has 1 saturated heterocycles. The van der Waals surface area contributed by atoms with Crippen LogP contribution in [0, 0.1) is 10.1 Å². The first kappa shape index (κ1) is 16.6. The zero-order valence-corrected chi connectivity index (χ0v) is 13.8. The van der Waals surface area contributed by atoms with Crippen LogP contribution in [0.15, 0.2) is 47.5 Å². The van der Waals surface area contributed by atoms with E-state index in [4.69, 9.17) is 16.3 Å². The van der Waals surface area contributed by atoms with Gasteiger partial charge in [-0.05, 0) is 18.2 Å². The van der Waals surface area contributed by atoms with E-state index >= 15 is 0 Å². The van der Waals surface area contributed by atoms with Crippen LogP contribution in [0.1, 0.15) is 0 Å². The van der Waals surface area contributed by atoms with Gasteiger partial charge in [0.1, 0.15) is 11.1 Å². The highest BCUT2D eigenvalue weighted by atomic mass is 35.5. The van der Waals surface area contributed by atoms with Gasteiger partial charge in [-0.15, -0.1) is 0 Å². The van der Waals surface area contributed by atoms with Crippen LogP contribution in [0.3, 0.4) is 0 Å². The SMILES string of the molecule is O=[N+]([O-])c1ccccc1S(=O)(=O)N1CC(Oc2ncccc2Cl)C1. The molecule has 2 heterocycles. The number of ether oxygens (including phenoxy) is 1. The molecule has 0 radical (unpaired) electrons. The van der Waals surface area contributed by atoms with Crippen LogP contribution < -0.4 is 4.74 Å². The van der Waals surface area contributed by atoms with Crippen molar-refractivity contribution >= 4 is 27.3 Å². The molecule has 2 aromatic rings. The van der Waals surface area contributed by atoms with E-state index in [-0.39, 0.29) is 23.9 Å². The summed E-state index contributed by atoms with van der Waals surface area (Å²) in [6.07, 6.45) is 1.11. The van der Waals surface area contributed by atoms with Crippen LogP contribution in [0.5, 0.6) is 5.88 Å². The molecular formula is C14H12ClN3O5S. The third-order valence-electron chi connectivity index (χ3n) is 3.50. The third-order valence-corrected chi connectivity index (χ3v) is 5.66. The van der Waals surface area contributed by atoms with Gasteiger partial charge in [-0.1, -0.05) is 23.7 Å². The standard InChI is InChI=1S/C14H12ClN3O5S/c15-11-4-3-7-16-14(11)23-10-8-17(9-10)24(21,22)13-6-2-1-5-12(13)18(19)20/h1-7,10H,8-9H2. The molecule has 24 heavy (non-hydrogen) atoms. The Balaban J connectivity index is 1.73. The first-order chi connectivity index (χ1) is 11.4. The third kappa shape index (κ3) is 3.05. The Hall–Kier alpha value is -2.23. The van der Waals surface area contributed by atoms with Crippen molar-refractivity contribution in [1.29, 1.82) is 0 Å². The number of para-hydroxylation sites is 1. The predicted molar refractivity (Wildman–Crippen MR) is 85.5 cm³/mol. The van der Waals surface area contributed by atoms with E-state index in [2.05, 4.69) is 4.98 Å². The molecule has 1 aliphatic heterocycles. The van der Waals surface area contributed by atoms with E-state index in [1.807, 2.05) is 0 Å². The summed E-state index contributed by atoms with van der Waals surface area (Å²) in [4.78, 5) is 13.9. The van der Waals surface area contributed by atoms with Gasteiger partial charge in [0.25, 0.3) is 5.69 Å². The molecule has 126 valence electrons.